The Balaban J connectivity index is 2.16. The van der Waals surface area contributed by atoms with Crippen LogP contribution in [-0.4, -0.2) is 12.0 Å². The number of nitrogens with zero attached hydrogens (tertiary/aromatic N) is 1. The Morgan fingerprint density at radius 1 is 1.31 bits per heavy atom. The molecule has 1 aromatic carbocycles. The van der Waals surface area contributed by atoms with Gasteiger partial charge in [0.25, 0.3) is 0 Å². The summed E-state index contributed by atoms with van der Waals surface area (Å²) in [5, 5.41) is 3.36. The van der Waals surface area contributed by atoms with Crippen molar-refractivity contribution in [3.8, 4) is 0 Å². The number of thiazole rings is 1. The maximum absolute atomic E-state index is 4.31. The molecule has 1 aromatic heterocycles. The van der Waals surface area contributed by atoms with Crippen LogP contribution in [0.1, 0.15) is 22.2 Å². The molecule has 0 bridgehead atoms. The summed E-state index contributed by atoms with van der Waals surface area (Å²) in [5.41, 5.74) is 4.41. The number of benzene rings is 1. The summed E-state index contributed by atoms with van der Waals surface area (Å²) in [7, 11) is 2.01. The van der Waals surface area contributed by atoms with Gasteiger partial charge in [0.2, 0.25) is 0 Å². The second kappa shape index (κ2) is 5.23. The van der Waals surface area contributed by atoms with E-state index < -0.39 is 0 Å². The van der Waals surface area contributed by atoms with E-state index in [1.807, 2.05) is 12.6 Å². The average Bonchev–Trinajstić information content (AvgIpc) is 2.74. The zero-order valence-electron chi connectivity index (χ0n) is 9.60. The Morgan fingerprint density at radius 2 is 2.06 bits per heavy atom. The standard InChI is InChI=1S/C13H16N2S/c1-10-13(16-9-15-10)12(14-2)8-11-6-4-3-5-7-11/h3-7,9,12,14H,8H2,1-2H3. The molecule has 1 N–H and O–H groups in total. The maximum atomic E-state index is 4.31. The fourth-order valence-corrected chi connectivity index (χ4v) is 2.73. The monoisotopic (exact) mass is 232 g/mol. The van der Waals surface area contributed by atoms with Gasteiger partial charge in [0.05, 0.1) is 11.2 Å². The molecule has 0 aliphatic carbocycles. The van der Waals surface area contributed by atoms with Crippen LogP contribution >= 0.6 is 11.3 Å². The van der Waals surface area contributed by atoms with Gasteiger partial charge in [-0.1, -0.05) is 30.3 Å². The molecule has 0 spiro atoms. The lowest BCUT2D eigenvalue weighted by Gasteiger charge is -2.15. The number of rotatable bonds is 4. The van der Waals surface area contributed by atoms with Gasteiger partial charge in [0, 0.05) is 10.9 Å². The lowest BCUT2D eigenvalue weighted by atomic mass is 10.0. The molecule has 16 heavy (non-hydrogen) atoms. The van der Waals surface area contributed by atoms with Gasteiger partial charge in [-0.15, -0.1) is 11.3 Å². The number of hydrogen-bond acceptors (Lipinski definition) is 3. The highest BCUT2D eigenvalue weighted by atomic mass is 32.1. The lowest BCUT2D eigenvalue weighted by Crippen LogP contribution is -2.18. The molecule has 1 unspecified atom stereocenters. The van der Waals surface area contributed by atoms with Crippen molar-refractivity contribution in [1.29, 1.82) is 0 Å². The molecule has 2 aromatic rings. The molecule has 2 rings (SSSR count). The van der Waals surface area contributed by atoms with Crippen LogP contribution in [0.5, 0.6) is 0 Å². The van der Waals surface area contributed by atoms with Gasteiger partial charge in [-0.25, -0.2) is 4.98 Å². The van der Waals surface area contributed by atoms with Crippen molar-refractivity contribution in [1.82, 2.24) is 10.3 Å². The molecule has 0 saturated heterocycles. The van der Waals surface area contributed by atoms with Gasteiger partial charge in [-0.3, -0.25) is 0 Å². The first-order chi connectivity index (χ1) is 7.81. The van der Waals surface area contributed by atoms with Gasteiger partial charge in [-0.05, 0) is 26.0 Å². The second-order valence-corrected chi connectivity index (χ2v) is 4.72. The molecule has 2 nitrogen and oxygen atoms in total. The topological polar surface area (TPSA) is 24.9 Å². The van der Waals surface area contributed by atoms with E-state index in [4.69, 9.17) is 0 Å². The van der Waals surface area contributed by atoms with Gasteiger partial charge >= 0.3 is 0 Å². The van der Waals surface area contributed by atoms with Gasteiger partial charge < -0.3 is 5.32 Å². The summed E-state index contributed by atoms with van der Waals surface area (Å²) in [4.78, 5) is 5.64. The van der Waals surface area contributed by atoms with E-state index in [2.05, 4.69) is 47.6 Å². The summed E-state index contributed by atoms with van der Waals surface area (Å²) in [6.07, 6.45) is 1.01. The summed E-state index contributed by atoms with van der Waals surface area (Å²) < 4.78 is 0. The van der Waals surface area contributed by atoms with Crippen molar-refractivity contribution in [3.63, 3.8) is 0 Å². The van der Waals surface area contributed by atoms with E-state index >= 15 is 0 Å². The summed E-state index contributed by atoms with van der Waals surface area (Å²) >= 11 is 1.73. The number of hydrogen-bond donors (Lipinski definition) is 1. The average molecular weight is 232 g/mol. The van der Waals surface area contributed by atoms with Crippen LogP contribution in [0.2, 0.25) is 0 Å². The van der Waals surface area contributed by atoms with Crippen LogP contribution in [0.3, 0.4) is 0 Å². The van der Waals surface area contributed by atoms with Crippen LogP contribution < -0.4 is 5.32 Å². The summed E-state index contributed by atoms with van der Waals surface area (Å²) in [6.45, 7) is 2.07. The van der Waals surface area contributed by atoms with Crippen LogP contribution in [0.25, 0.3) is 0 Å². The van der Waals surface area contributed by atoms with Crippen molar-refractivity contribution >= 4 is 11.3 Å². The van der Waals surface area contributed by atoms with Gasteiger partial charge in [-0.2, -0.15) is 0 Å². The fraction of sp³-hybridized carbons (Fsp3) is 0.308. The second-order valence-electron chi connectivity index (χ2n) is 3.83. The SMILES string of the molecule is CNC(Cc1ccccc1)c1scnc1C. The Bertz CT molecular complexity index is 436. The summed E-state index contributed by atoms with van der Waals surface area (Å²) in [6, 6.07) is 10.9. The molecule has 84 valence electrons. The Kier molecular flexibility index (Phi) is 3.70. The lowest BCUT2D eigenvalue weighted by molar-refractivity contribution is 0.598. The molecule has 1 atom stereocenters. The maximum Gasteiger partial charge on any atom is 0.0798 e. The van der Waals surface area contributed by atoms with Gasteiger partial charge in [0.1, 0.15) is 0 Å². The van der Waals surface area contributed by atoms with E-state index in [0.717, 1.165) is 12.1 Å². The minimum Gasteiger partial charge on any atom is -0.312 e. The van der Waals surface area contributed by atoms with Crippen molar-refractivity contribution in [3.05, 3.63) is 52.0 Å². The summed E-state index contributed by atoms with van der Waals surface area (Å²) in [5.74, 6) is 0. The van der Waals surface area contributed by atoms with Crippen molar-refractivity contribution in [2.24, 2.45) is 0 Å². The molecular weight excluding hydrogens is 216 g/mol. The molecule has 0 saturated carbocycles. The predicted molar refractivity (Wildman–Crippen MR) is 68.8 cm³/mol. The first kappa shape index (κ1) is 11.3. The minimum absolute atomic E-state index is 0.370. The third-order valence-corrected chi connectivity index (χ3v) is 3.77. The number of aromatic nitrogens is 1. The van der Waals surface area contributed by atoms with E-state index in [9.17, 15) is 0 Å². The van der Waals surface area contributed by atoms with Crippen molar-refractivity contribution in [2.75, 3.05) is 7.05 Å². The highest BCUT2D eigenvalue weighted by Gasteiger charge is 2.14. The first-order valence-electron chi connectivity index (χ1n) is 5.42. The zero-order chi connectivity index (χ0) is 11.4. The zero-order valence-corrected chi connectivity index (χ0v) is 10.4. The first-order valence-corrected chi connectivity index (χ1v) is 6.30. The van der Waals surface area contributed by atoms with Crippen LogP contribution in [0.4, 0.5) is 0 Å². The number of nitrogens with one attached hydrogen (secondary N) is 1. The Labute approximate surface area is 100 Å². The minimum atomic E-state index is 0.370. The molecule has 0 aliphatic rings. The molecule has 3 heteroatoms. The van der Waals surface area contributed by atoms with Crippen LogP contribution in [0, 0.1) is 6.92 Å². The Morgan fingerprint density at radius 3 is 2.62 bits per heavy atom. The van der Waals surface area contributed by atoms with Gasteiger partial charge in [0.15, 0.2) is 0 Å². The van der Waals surface area contributed by atoms with Crippen molar-refractivity contribution in [2.45, 2.75) is 19.4 Å². The molecular formula is C13H16N2S. The van der Waals surface area contributed by atoms with E-state index in [1.165, 1.54) is 10.4 Å². The highest BCUT2D eigenvalue weighted by molar-refractivity contribution is 7.09. The Hall–Kier alpha value is -1.19. The molecule has 0 fully saturated rings. The molecule has 0 aliphatic heterocycles. The van der Waals surface area contributed by atoms with Crippen molar-refractivity contribution < 1.29 is 0 Å². The smallest absolute Gasteiger partial charge is 0.0798 e. The van der Waals surface area contributed by atoms with E-state index in [-0.39, 0.29) is 0 Å². The van der Waals surface area contributed by atoms with E-state index in [1.54, 1.807) is 11.3 Å². The number of aryl methyl sites for hydroxylation is 1. The third kappa shape index (κ3) is 2.49. The van der Waals surface area contributed by atoms with Crippen LogP contribution in [0.15, 0.2) is 35.8 Å². The fourth-order valence-electron chi connectivity index (χ4n) is 1.82. The number of likely N-dealkylation sites (N-methyl/N-ethyl adjacent to an activating group) is 1. The molecule has 0 radical (unpaired) electrons. The van der Waals surface area contributed by atoms with E-state index in [0.29, 0.717) is 6.04 Å². The predicted octanol–water partition coefficient (Wildman–Crippen LogP) is 2.95. The van der Waals surface area contributed by atoms with Crippen LogP contribution in [-0.2, 0) is 6.42 Å². The quantitative estimate of drug-likeness (QED) is 0.876. The molecule has 0 amide bonds. The third-order valence-electron chi connectivity index (χ3n) is 2.73. The largest absolute Gasteiger partial charge is 0.312 e. The highest BCUT2D eigenvalue weighted by Crippen LogP contribution is 2.24. The normalized spacial score (nSPS) is 12.6. The molecule has 1 heterocycles.